The molecule has 2 aromatic carbocycles. The molecule has 1 unspecified atom stereocenters. The van der Waals surface area contributed by atoms with E-state index in [9.17, 15) is 5.11 Å². The smallest absolute Gasteiger partial charge is 0.160 e. The van der Waals surface area contributed by atoms with E-state index in [0.717, 1.165) is 18.4 Å². The van der Waals surface area contributed by atoms with Crippen molar-refractivity contribution in [2.24, 2.45) is 5.73 Å². The van der Waals surface area contributed by atoms with Gasteiger partial charge in [0.1, 0.15) is 0 Å². The Kier molecular flexibility index (Phi) is 4.42. The van der Waals surface area contributed by atoms with Gasteiger partial charge in [-0.3, -0.25) is 0 Å². The Hall–Kier alpha value is -2.00. The summed E-state index contributed by atoms with van der Waals surface area (Å²) in [6, 6.07) is 15.6. The van der Waals surface area contributed by atoms with Crippen LogP contribution in [0.2, 0.25) is 0 Å². The molecule has 100 valence electrons. The molecule has 1 atom stereocenters. The summed E-state index contributed by atoms with van der Waals surface area (Å²) in [5.74, 6) is 0.646. The van der Waals surface area contributed by atoms with E-state index >= 15 is 0 Å². The van der Waals surface area contributed by atoms with E-state index in [2.05, 4.69) is 12.1 Å². The molecule has 3 N–H and O–H groups in total. The van der Waals surface area contributed by atoms with Crippen molar-refractivity contribution >= 4 is 0 Å². The average Bonchev–Trinajstić information content (AvgIpc) is 2.40. The summed E-state index contributed by atoms with van der Waals surface area (Å²) < 4.78 is 5.02. The summed E-state index contributed by atoms with van der Waals surface area (Å²) in [4.78, 5) is 0. The molecule has 2 rings (SSSR count). The van der Waals surface area contributed by atoms with Gasteiger partial charge in [-0.25, -0.2) is 0 Å². The molecular formula is C16H19NO2. The summed E-state index contributed by atoms with van der Waals surface area (Å²) in [7, 11) is 1.54. The second-order valence-corrected chi connectivity index (χ2v) is 4.66. The van der Waals surface area contributed by atoms with Gasteiger partial charge in [0.25, 0.3) is 0 Å². The van der Waals surface area contributed by atoms with Crippen molar-refractivity contribution < 1.29 is 9.84 Å². The molecular weight excluding hydrogens is 238 g/mol. The number of benzene rings is 2. The molecule has 0 bridgehead atoms. The van der Waals surface area contributed by atoms with Crippen LogP contribution in [-0.4, -0.2) is 18.3 Å². The van der Waals surface area contributed by atoms with Gasteiger partial charge in [-0.1, -0.05) is 36.4 Å². The topological polar surface area (TPSA) is 55.5 Å². The van der Waals surface area contributed by atoms with Crippen molar-refractivity contribution in [1.82, 2.24) is 0 Å². The number of nitrogens with two attached hydrogens (primary N) is 1. The number of phenols is 1. The van der Waals surface area contributed by atoms with Gasteiger partial charge in [-0.05, 0) is 36.1 Å². The highest BCUT2D eigenvalue weighted by molar-refractivity contribution is 5.41. The van der Waals surface area contributed by atoms with Gasteiger partial charge in [0.15, 0.2) is 11.5 Å². The molecule has 19 heavy (non-hydrogen) atoms. The molecule has 0 fully saturated rings. The lowest BCUT2D eigenvalue weighted by Gasteiger charge is -2.13. The number of rotatable bonds is 5. The van der Waals surface area contributed by atoms with Crippen molar-refractivity contribution in [2.45, 2.75) is 18.9 Å². The van der Waals surface area contributed by atoms with Crippen molar-refractivity contribution in [3.8, 4) is 11.5 Å². The Labute approximate surface area is 113 Å². The molecule has 0 aliphatic rings. The Morgan fingerprint density at radius 2 is 1.74 bits per heavy atom. The lowest BCUT2D eigenvalue weighted by atomic mass is 9.99. The minimum absolute atomic E-state index is 0.0372. The predicted molar refractivity (Wildman–Crippen MR) is 76.5 cm³/mol. The van der Waals surface area contributed by atoms with Crippen molar-refractivity contribution in [3.05, 3.63) is 59.7 Å². The summed E-state index contributed by atoms with van der Waals surface area (Å²) in [6.45, 7) is 0. The van der Waals surface area contributed by atoms with Crippen molar-refractivity contribution in [1.29, 1.82) is 0 Å². The number of hydrogen-bond acceptors (Lipinski definition) is 3. The molecule has 0 saturated heterocycles. The molecule has 2 aromatic rings. The van der Waals surface area contributed by atoms with Crippen LogP contribution in [0.15, 0.2) is 48.5 Å². The van der Waals surface area contributed by atoms with Gasteiger partial charge in [0, 0.05) is 6.04 Å². The standard InChI is InChI=1S/C16H19NO2/c1-19-16-8-7-13(11-15(16)18)10-14(17)9-12-5-3-2-4-6-12/h2-8,11,14,18H,9-10,17H2,1H3. The second-order valence-electron chi connectivity index (χ2n) is 4.66. The van der Waals surface area contributed by atoms with Crippen LogP contribution in [-0.2, 0) is 12.8 Å². The first-order valence-corrected chi connectivity index (χ1v) is 6.34. The average molecular weight is 257 g/mol. The van der Waals surface area contributed by atoms with Crippen molar-refractivity contribution in [3.63, 3.8) is 0 Å². The maximum atomic E-state index is 9.73. The first kappa shape index (κ1) is 13.4. The summed E-state index contributed by atoms with van der Waals surface area (Å²) in [5, 5.41) is 9.73. The van der Waals surface area contributed by atoms with E-state index in [1.54, 1.807) is 12.1 Å². The molecule has 0 saturated carbocycles. The highest BCUT2D eigenvalue weighted by Crippen LogP contribution is 2.26. The van der Waals surface area contributed by atoms with E-state index in [4.69, 9.17) is 10.5 Å². The highest BCUT2D eigenvalue weighted by atomic mass is 16.5. The third kappa shape index (κ3) is 3.73. The van der Waals surface area contributed by atoms with E-state index in [0.29, 0.717) is 5.75 Å². The Morgan fingerprint density at radius 1 is 1.05 bits per heavy atom. The zero-order chi connectivity index (χ0) is 13.7. The normalized spacial score (nSPS) is 12.1. The Morgan fingerprint density at radius 3 is 2.37 bits per heavy atom. The van der Waals surface area contributed by atoms with Gasteiger partial charge >= 0.3 is 0 Å². The van der Waals surface area contributed by atoms with Gasteiger partial charge in [0.05, 0.1) is 7.11 Å². The molecule has 0 aliphatic carbocycles. The molecule has 3 heteroatoms. The number of phenolic OH excluding ortho intramolecular Hbond substituents is 1. The fourth-order valence-electron chi connectivity index (χ4n) is 2.15. The number of ether oxygens (including phenoxy) is 1. The first-order chi connectivity index (χ1) is 9.19. The maximum Gasteiger partial charge on any atom is 0.160 e. The zero-order valence-electron chi connectivity index (χ0n) is 11.0. The molecule has 0 amide bonds. The number of methoxy groups -OCH3 is 1. The van der Waals surface area contributed by atoms with Crippen LogP contribution in [0.3, 0.4) is 0 Å². The number of aromatic hydroxyl groups is 1. The van der Waals surface area contributed by atoms with Crippen LogP contribution >= 0.6 is 0 Å². The molecule has 0 radical (unpaired) electrons. The third-order valence-corrected chi connectivity index (χ3v) is 3.08. The Bertz CT molecular complexity index is 526. The monoisotopic (exact) mass is 257 g/mol. The predicted octanol–water partition coefficient (Wildman–Crippen LogP) is 2.51. The fraction of sp³-hybridized carbons (Fsp3) is 0.250. The van der Waals surface area contributed by atoms with Crippen LogP contribution < -0.4 is 10.5 Å². The van der Waals surface area contributed by atoms with Crippen LogP contribution in [0.4, 0.5) is 0 Å². The quantitative estimate of drug-likeness (QED) is 0.865. The van der Waals surface area contributed by atoms with Gasteiger partial charge < -0.3 is 15.6 Å². The van der Waals surface area contributed by atoms with Gasteiger partial charge in [-0.15, -0.1) is 0 Å². The van der Waals surface area contributed by atoms with Crippen LogP contribution in [0.5, 0.6) is 11.5 Å². The molecule has 0 aromatic heterocycles. The van der Waals surface area contributed by atoms with Crippen LogP contribution in [0.1, 0.15) is 11.1 Å². The Balaban J connectivity index is 1.99. The lowest BCUT2D eigenvalue weighted by Crippen LogP contribution is -2.25. The summed E-state index contributed by atoms with van der Waals surface area (Å²) in [5.41, 5.74) is 8.39. The molecule has 0 heterocycles. The van der Waals surface area contributed by atoms with E-state index < -0.39 is 0 Å². The molecule has 3 nitrogen and oxygen atoms in total. The van der Waals surface area contributed by atoms with Gasteiger partial charge in [-0.2, -0.15) is 0 Å². The third-order valence-electron chi connectivity index (χ3n) is 3.08. The van der Waals surface area contributed by atoms with Crippen LogP contribution in [0, 0.1) is 0 Å². The second kappa shape index (κ2) is 6.25. The van der Waals surface area contributed by atoms with Crippen molar-refractivity contribution in [2.75, 3.05) is 7.11 Å². The minimum atomic E-state index is 0.0372. The lowest BCUT2D eigenvalue weighted by molar-refractivity contribution is 0.373. The first-order valence-electron chi connectivity index (χ1n) is 6.34. The van der Waals surface area contributed by atoms with Crippen LogP contribution in [0.25, 0.3) is 0 Å². The van der Waals surface area contributed by atoms with E-state index in [1.165, 1.54) is 12.7 Å². The SMILES string of the molecule is COc1ccc(CC(N)Cc2ccccc2)cc1O. The maximum absolute atomic E-state index is 9.73. The molecule has 0 spiro atoms. The zero-order valence-corrected chi connectivity index (χ0v) is 11.0. The number of hydrogen-bond donors (Lipinski definition) is 2. The molecule has 0 aliphatic heterocycles. The largest absolute Gasteiger partial charge is 0.504 e. The fourth-order valence-corrected chi connectivity index (χ4v) is 2.15. The highest BCUT2D eigenvalue weighted by Gasteiger charge is 2.08. The minimum Gasteiger partial charge on any atom is -0.504 e. The summed E-state index contributed by atoms with van der Waals surface area (Å²) in [6.07, 6.45) is 1.56. The summed E-state index contributed by atoms with van der Waals surface area (Å²) >= 11 is 0. The van der Waals surface area contributed by atoms with Gasteiger partial charge in [0.2, 0.25) is 0 Å². The van der Waals surface area contributed by atoms with E-state index in [-0.39, 0.29) is 11.8 Å². The van der Waals surface area contributed by atoms with E-state index in [1.807, 2.05) is 24.3 Å².